The Morgan fingerprint density at radius 1 is 1.36 bits per heavy atom. The van der Waals surface area contributed by atoms with E-state index < -0.39 is 0 Å². The van der Waals surface area contributed by atoms with Gasteiger partial charge in [0.15, 0.2) is 0 Å². The van der Waals surface area contributed by atoms with Crippen molar-refractivity contribution in [1.82, 2.24) is 10.2 Å². The Labute approximate surface area is 85.8 Å². The van der Waals surface area contributed by atoms with Gasteiger partial charge in [-0.15, -0.1) is 0 Å². The third-order valence-corrected chi connectivity index (χ3v) is 3.35. The fourth-order valence-electron chi connectivity index (χ4n) is 2.53. The predicted octanol–water partition coefficient (Wildman–Crippen LogP) is 0.853. The molecule has 0 radical (unpaired) electrons. The molecule has 0 aliphatic carbocycles. The van der Waals surface area contributed by atoms with Gasteiger partial charge in [-0.05, 0) is 12.3 Å². The van der Waals surface area contributed by atoms with E-state index in [9.17, 15) is 4.79 Å². The molecule has 0 unspecified atom stereocenters. The summed E-state index contributed by atoms with van der Waals surface area (Å²) in [5.41, 5.74) is -0.225. The summed E-state index contributed by atoms with van der Waals surface area (Å²) in [6.45, 7) is 9.07. The maximum atomic E-state index is 12.1. The minimum Gasteiger partial charge on any atom is -0.338 e. The van der Waals surface area contributed by atoms with E-state index in [1.165, 1.54) is 6.42 Å². The standard InChI is InChI=1S/C11H20N2O/c1-11(2,3)10(14)13-5-4-8-6-12-7-9(8)13/h8-9,12H,4-7H2,1-3H3/t8-,9+/m0/s1. The van der Waals surface area contributed by atoms with Crippen molar-refractivity contribution in [2.45, 2.75) is 33.2 Å². The van der Waals surface area contributed by atoms with Crippen molar-refractivity contribution in [3.8, 4) is 0 Å². The van der Waals surface area contributed by atoms with Crippen molar-refractivity contribution >= 4 is 5.91 Å². The van der Waals surface area contributed by atoms with Gasteiger partial charge in [0.1, 0.15) is 0 Å². The summed E-state index contributed by atoms with van der Waals surface area (Å²) in [6, 6.07) is 0.474. The second kappa shape index (κ2) is 3.23. The van der Waals surface area contributed by atoms with Crippen molar-refractivity contribution in [2.24, 2.45) is 11.3 Å². The zero-order chi connectivity index (χ0) is 10.3. The van der Waals surface area contributed by atoms with Gasteiger partial charge in [0.05, 0.1) is 0 Å². The number of hydrogen-bond acceptors (Lipinski definition) is 2. The summed E-state index contributed by atoms with van der Waals surface area (Å²) in [7, 11) is 0. The molecular weight excluding hydrogens is 176 g/mol. The Morgan fingerprint density at radius 2 is 2.07 bits per heavy atom. The molecule has 2 aliphatic heterocycles. The molecule has 1 amide bonds. The molecule has 1 N–H and O–H groups in total. The van der Waals surface area contributed by atoms with Crippen LogP contribution in [-0.4, -0.2) is 36.5 Å². The first-order chi connectivity index (χ1) is 6.50. The molecule has 0 aromatic carbocycles. The molecule has 14 heavy (non-hydrogen) atoms. The molecule has 2 heterocycles. The maximum absolute atomic E-state index is 12.1. The van der Waals surface area contributed by atoms with E-state index in [1.54, 1.807) is 0 Å². The summed E-state index contributed by atoms with van der Waals surface area (Å²) in [4.78, 5) is 14.2. The zero-order valence-electron chi connectivity index (χ0n) is 9.34. The van der Waals surface area contributed by atoms with Crippen molar-refractivity contribution in [2.75, 3.05) is 19.6 Å². The molecule has 0 spiro atoms. The molecule has 2 atom stereocenters. The Bertz CT molecular complexity index is 244. The second-order valence-electron chi connectivity index (χ2n) is 5.52. The fraction of sp³-hybridized carbons (Fsp3) is 0.909. The van der Waals surface area contributed by atoms with Crippen LogP contribution in [0.15, 0.2) is 0 Å². The first-order valence-corrected chi connectivity index (χ1v) is 5.52. The highest BCUT2D eigenvalue weighted by Gasteiger charge is 2.42. The number of fused-ring (bicyclic) bond motifs is 1. The number of hydrogen-bond donors (Lipinski definition) is 1. The lowest BCUT2D eigenvalue weighted by Gasteiger charge is -2.30. The molecule has 3 nitrogen and oxygen atoms in total. The van der Waals surface area contributed by atoms with Gasteiger partial charge in [-0.3, -0.25) is 4.79 Å². The molecule has 2 fully saturated rings. The van der Waals surface area contributed by atoms with Crippen LogP contribution in [0.1, 0.15) is 27.2 Å². The number of amides is 1. The molecule has 3 heteroatoms. The van der Waals surface area contributed by atoms with Crippen molar-refractivity contribution in [3.63, 3.8) is 0 Å². The van der Waals surface area contributed by atoms with Gasteiger partial charge in [0, 0.05) is 31.1 Å². The van der Waals surface area contributed by atoms with Crippen molar-refractivity contribution in [1.29, 1.82) is 0 Å². The van der Waals surface area contributed by atoms with Gasteiger partial charge in [0.25, 0.3) is 0 Å². The third kappa shape index (κ3) is 1.54. The molecule has 0 bridgehead atoms. The van der Waals surface area contributed by atoms with Gasteiger partial charge in [-0.25, -0.2) is 0 Å². The van der Waals surface area contributed by atoms with E-state index in [2.05, 4.69) is 10.2 Å². The average molecular weight is 196 g/mol. The maximum Gasteiger partial charge on any atom is 0.228 e. The number of carbonyl (C=O) groups excluding carboxylic acids is 1. The lowest BCUT2D eigenvalue weighted by Crippen LogP contribution is -2.44. The predicted molar refractivity (Wildman–Crippen MR) is 55.9 cm³/mol. The molecule has 2 saturated heterocycles. The van der Waals surface area contributed by atoms with Crippen LogP contribution in [0, 0.1) is 11.3 Å². The zero-order valence-corrected chi connectivity index (χ0v) is 9.34. The SMILES string of the molecule is CC(C)(C)C(=O)N1CC[C@H]2CNC[C@H]21. The van der Waals surface area contributed by atoms with Gasteiger partial charge in [-0.1, -0.05) is 20.8 Å². The average Bonchev–Trinajstić information content (AvgIpc) is 2.59. The Balaban J connectivity index is 2.09. The number of likely N-dealkylation sites (tertiary alicyclic amines) is 1. The van der Waals surface area contributed by atoms with E-state index >= 15 is 0 Å². The smallest absolute Gasteiger partial charge is 0.228 e. The largest absolute Gasteiger partial charge is 0.338 e. The fourth-order valence-corrected chi connectivity index (χ4v) is 2.53. The van der Waals surface area contributed by atoms with Crippen molar-refractivity contribution < 1.29 is 4.79 Å². The van der Waals surface area contributed by atoms with Gasteiger partial charge in [0.2, 0.25) is 5.91 Å². The van der Waals surface area contributed by atoms with E-state index in [4.69, 9.17) is 0 Å². The van der Waals surface area contributed by atoms with Gasteiger partial charge in [-0.2, -0.15) is 0 Å². The van der Waals surface area contributed by atoms with Crippen molar-refractivity contribution in [3.05, 3.63) is 0 Å². The Morgan fingerprint density at radius 3 is 2.71 bits per heavy atom. The van der Waals surface area contributed by atoms with Crippen LogP contribution in [0.25, 0.3) is 0 Å². The molecule has 0 aromatic heterocycles. The van der Waals surface area contributed by atoms with Crippen LogP contribution in [0.5, 0.6) is 0 Å². The summed E-state index contributed by atoms with van der Waals surface area (Å²) >= 11 is 0. The Hall–Kier alpha value is -0.570. The molecule has 0 saturated carbocycles. The normalized spacial score (nSPS) is 32.1. The first kappa shape index (κ1) is 9.97. The van der Waals surface area contributed by atoms with Crippen LogP contribution in [0.4, 0.5) is 0 Å². The number of rotatable bonds is 0. The molecule has 0 aromatic rings. The lowest BCUT2D eigenvalue weighted by molar-refractivity contribution is -0.140. The number of nitrogens with one attached hydrogen (secondary N) is 1. The Kier molecular flexibility index (Phi) is 2.30. The molecule has 2 aliphatic rings. The third-order valence-electron chi connectivity index (χ3n) is 3.35. The van der Waals surface area contributed by atoms with Crippen LogP contribution in [0.2, 0.25) is 0 Å². The van der Waals surface area contributed by atoms with Crippen LogP contribution in [0.3, 0.4) is 0 Å². The highest BCUT2D eigenvalue weighted by Crippen LogP contribution is 2.30. The summed E-state index contributed by atoms with van der Waals surface area (Å²) in [5, 5.41) is 3.37. The summed E-state index contributed by atoms with van der Waals surface area (Å²) in [6.07, 6.45) is 1.18. The van der Waals surface area contributed by atoms with E-state index in [-0.39, 0.29) is 5.41 Å². The molecular formula is C11H20N2O. The van der Waals surface area contributed by atoms with Crippen LogP contribution >= 0.6 is 0 Å². The lowest BCUT2D eigenvalue weighted by atomic mass is 9.94. The topological polar surface area (TPSA) is 32.3 Å². The van der Waals surface area contributed by atoms with Gasteiger partial charge < -0.3 is 10.2 Å². The van der Waals surface area contributed by atoms with E-state index in [0.29, 0.717) is 17.9 Å². The second-order valence-corrected chi connectivity index (χ2v) is 5.52. The minimum atomic E-state index is -0.225. The van der Waals surface area contributed by atoms with Crippen LogP contribution < -0.4 is 5.32 Å². The number of nitrogens with zero attached hydrogens (tertiary/aromatic N) is 1. The quantitative estimate of drug-likeness (QED) is 0.623. The highest BCUT2D eigenvalue weighted by molar-refractivity contribution is 5.82. The van der Waals surface area contributed by atoms with E-state index in [1.807, 2.05) is 20.8 Å². The van der Waals surface area contributed by atoms with Gasteiger partial charge >= 0.3 is 0 Å². The van der Waals surface area contributed by atoms with Crippen LogP contribution in [-0.2, 0) is 4.79 Å². The highest BCUT2D eigenvalue weighted by atomic mass is 16.2. The molecule has 80 valence electrons. The molecule has 2 rings (SSSR count). The van der Waals surface area contributed by atoms with E-state index in [0.717, 1.165) is 19.6 Å². The monoisotopic (exact) mass is 196 g/mol. The number of carbonyl (C=O) groups is 1. The minimum absolute atomic E-state index is 0.225. The first-order valence-electron chi connectivity index (χ1n) is 5.52. The summed E-state index contributed by atoms with van der Waals surface area (Å²) in [5.74, 6) is 1.02. The summed E-state index contributed by atoms with van der Waals surface area (Å²) < 4.78 is 0.